The van der Waals surface area contributed by atoms with Gasteiger partial charge in [0.2, 0.25) is 0 Å². The van der Waals surface area contributed by atoms with Crippen molar-refractivity contribution in [2.75, 3.05) is 71.7 Å². The average Bonchev–Trinajstić information content (AvgIpc) is 3.06. The minimum absolute atomic E-state index is 0.103. The van der Waals surface area contributed by atoms with Gasteiger partial charge in [-0.25, -0.2) is 0 Å². The van der Waals surface area contributed by atoms with E-state index in [4.69, 9.17) is 28.4 Å². The molecule has 0 spiro atoms. The van der Waals surface area contributed by atoms with Gasteiger partial charge < -0.3 is 38.6 Å². The van der Waals surface area contributed by atoms with Gasteiger partial charge in [-0.3, -0.25) is 0 Å². The van der Waals surface area contributed by atoms with E-state index in [9.17, 15) is 0 Å². The van der Waals surface area contributed by atoms with E-state index >= 15 is 0 Å². The molecule has 0 radical (unpaired) electrons. The number of para-hydroxylation sites is 1. The first kappa shape index (κ1) is 31.1. The number of fused-ring (bicyclic) bond motifs is 1. The van der Waals surface area contributed by atoms with Gasteiger partial charge in [-0.15, -0.1) is 0 Å². The third-order valence-electron chi connectivity index (χ3n) is 8.11. The Morgan fingerprint density at radius 1 is 0.930 bits per heavy atom. The lowest BCUT2D eigenvalue weighted by molar-refractivity contribution is 0.0106. The Morgan fingerprint density at radius 2 is 1.81 bits per heavy atom. The van der Waals surface area contributed by atoms with Gasteiger partial charge in [0.1, 0.15) is 23.9 Å². The zero-order valence-electron chi connectivity index (χ0n) is 25.6. The standard InChI is InChI=1S/C35H46N2O6/c1-38-19-5-17-37-18-22-42-34-14-9-27(23-32(34)37)25-43-35-24-36-16-15-31(35)28-10-12-30(13-11-28)41-21-6-20-40-26-29-7-3-4-8-33(29)39-2/h3-4,7-14,23,31,35-36H,5-6,15-22,24-26H2,1-2H3/t31-,35?/m1/s1. The molecule has 8 nitrogen and oxygen atoms in total. The Kier molecular flexibility index (Phi) is 12.0. The molecule has 3 aromatic rings. The molecule has 1 saturated heterocycles. The minimum atomic E-state index is 0.103. The van der Waals surface area contributed by atoms with Crippen LogP contribution in [0.5, 0.6) is 17.2 Å². The summed E-state index contributed by atoms with van der Waals surface area (Å²) >= 11 is 0. The Bertz CT molecular complexity index is 1250. The molecule has 2 atom stereocenters. The predicted molar refractivity (Wildman–Crippen MR) is 169 cm³/mol. The van der Waals surface area contributed by atoms with Crippen molar-refractivity contribution in [3.05, 3.63) is 83.4 Å². The van der Waals surface area contributed by atoms with E-state index in [0.29, 0.717) is 39.0 Å². The monoisotopic (exact) mass is 590 g/mol. The summed E-state index contributed by atoms with van der Waals surface area (Å²) < 4.78 is 34.9. The molecule has 1 unspecified atom stereocenters. The maximum atomic E-state index is 6.55. The third-order valence-corrected chi connectivity index (χ3v) is 8.11. The maximum Gasteiger partial charge on any atom is 0.142 e. The first-order valence-electron chi connectivity index (χ1n) is 15.5. The summed E-state index contributed by atoms with van der Waals surface area (Å²) in [5.41, 5.74) is 4.67. The van der Waals surface area contributed by atoms with E-state index in [1.54, 1.807) is 14.2 Å². The van der Waals surface area contributed by atoms with Crippen molar-refractivity contribution in [2.24, 2.45) is 0 Å². The van der Waals surface area contributed by atoms with Gasteiger partial charge in [-0.05, 0) is 60.8 Å². The second kappa shape index (κ2) is 16.5. The number of piperidine rings is 1. The molecule has 2 heterocycles. The minimum Gasteiger partial charge on any atom is -0.496 e. The van der Waals surface area contributed by atoms with Crippen molar-refractivity contribution in [1.82, 2.24) is 5.32 Å². The van der Waals surface area contributed by atoms with Crippen LogP contribution in [0.1, 0.15) is 41.9 Å². The van der Waals surface area contributed by atoms with Crippen LogP contribution in [0.3, 0.4) is 0 Å². The van der Waals surface area contributed by atoms with E-state index in [2.05, 4.69) is 52.7 Å². The normalized spacial score (nSPS) is 18.1. The number of hydrogen-bond acceptors (Lipinski definition) is 8. The maximum absolute atomic E-state index is 6.55. The van der Waals surface area contributed by atoms with Crippen LogP contribution in [-0.4, -0.2) is 72.9 Å². The number of ether oxygens (including phenoxy) is 6. The molecule has 0 saturated carbocycles. The lowest BCUT2D eigenvalue weighted by Gasteiger charge is -2.33. The lowest BCUT2D eigenvalue weighted by atomic mass is 9.87. The van der Waals surface area contributed by atoms with Gasteiger partial charge in [0.15, 0.2) is 0 Å². The van der Waals surface area contributed by atoms with Gasteiger partial charge in [0, 0.05) is 44.7 Å². The Labute approximate surface area is 256 Å². The molecular weight excluding hydrogens is 544 g/mol. The number of benzene rings is 3. The van der Waals surface area contributed by atoms with Crippen molar-refractivity contribution in [1.29, 1.82) is 0 Å². The summed E-state index contributed by atoms with van der Waals surface area (Å²) in [7, 11) is 3.43. The first-order chi connectivity index (χ1) is 21.2. The van der Waals surface area contributed by atoms with E-state index in [1.165, 1.54) is 11.1 Å². The Hall–Kier alpha value is -3.30. The first-order valence-corrected chi connectivity index (χ1v) is 15.5. The molecular formula is C35H46N2O6. The van der Waals surface area contributed by atoms with Crippen LogP contribution in [0.15, 0.2) is 66.7 Å². The second-order valence-corrected chi connectivity index (χ2v) is 11.1. The highest BCUT2D eigenvalue weighted by Gasteiger charge is 2.27. The van der Waals surface area contributed by atoms with Gasteiger partial charge in [0.05, 0.1) is 51.9 Å². The quantitative estimate of drug-likeness (QED) is 0.217. The van der Waals surface area contributed by atoms with Crippen LogP contribution in [0.25, 0.3) is 0 Å². The van der Waals surface area contributed by atoms with Crippen LogP contribution in [0.4, 0.5) is 5.69 Å². The van der Waals surface area contributed by atoms with Crippen molar-refractivity contribution < 1.29 is 28.4 Å². The van der Waals surface area contributed by atoms with Crippen LogP contribution in [0.2, 0.25) is 0 Å². The summed E-state index contributed by atoms with van der Waals surface area (Å²) in [6, 6.07) is 22.9. The van der Waals surface area contributed by atoms with Crippen LogP contribution in [-0.2, 0) is 27.4 Å². The fraction of sp³-hybridized carbons (Fsp3) is 0.486. The molecule has 1 N–H and O–H groups in total. The summed E-state index contributed by atoms with van der Waals surface area (Å²) in [5, 5.41) is 3.52. The molecule has 5 rings (SSSR count). The van der Waals surface area contributed by atoms with Gasteiger partial charge in [-0.2, -0.15) is 0 Å². The fourth-order valence-corrected chi connectivity index (χ4v) is 5.80. The van der Waals surface area contributed by atoms with Crippen LogP contribution < -0.4 is 24.4 Å². The SMILES string of the molecule is COCCCN1CCOc2ccc(COC3CNCC[C@@H]3c3ccc(OCCCOCc4ccccc4OC)cc3)cc21. The summed E-state index contributed by atoms with van der Waals surface area (Å²) in [4.78, 5) is 2.39. The number of anilines is 1. The smallest absolute Gasteiger partial charge is 0.142 e. The van der Waals surface area contributed by atoms with Crippen molar-refractivity contribution >= 4 is 5.69 Å². The van der Waals surface area contributed by atoms with E-state index in [-0.39, 0.29) is 6.10 Å². The lowest BCUT2D eigenvalue weighted by Crippen LogP contribution is -2.41. The highest BCUT2D eigenvalue weighted by atomic mass is 16.5. The summed E-state index contributed by atoms with van der Waals surface area (Å²) in [5.74, 6) is 3.03. The van der Waals surface area contributed by atoms with Gasteiger partial charge >= 0.3 is 0 Å². The van der Waals surface area contributed by atoms with Crippen LogP contribution in [0, 0.1) is 0 Å². The molecule has 2 aliphatic rings. The molecule has 0 aliphatic carbocycles. The van der Waals surface area contributed by atoms with E-state index in [1.807, 2.05) is 24.3 Å². The Balaban J connectivity index is 1.08. The molecule has 43 heavy (non-hydrogen) atoms. The second-order valence-electron chi connectivity index (χ2n) is 11.1. The summed E-state index contributed by atoms with van der Waals surface area (Å²) in [6.45, 7) is 7.52. The van der Waals surface area contributed by atoms with Crippen molar-refractivity contribution in [3.63, 3.8) is 0 Å². The Morgan fingerprint density at radius 3 is 2.67 bits per heavy atom. The molecule has 232 valence electrons. The topological polar surface area (TPSA) is 70.7 Å². The number of rotatable bonds is 16. The van der Waals surface area contributed by atoms with Crippen molar-refractivity contribution in [3.8, 4) is 17.2 Å². The summed E-state index contributed by atoms with van der Waals surface area (Å²) in [6.07, 6.45) is 2.96. The van der Waals surface area contributed by atoms with Gasteiger partial charge in [0.25, 0.3) is 0 Å². The molecule has 0 bridgehead atoms. The van der Waals surface area contributed by atoms with Gasteiger partial charge in [-0.1, -0.05) is 36.4 Å². The zero-order valence-corrected chi connectivity index (χ0v) is 25.6. The van der Waals surface area contributed by atoms with Crippen molar-refractivity contribution in [2.45, 2.75) is 44.5 Å². The fourth-order valence-electron chi connectivity index (χ4n) is 5.80. The number of nitrogens with one attached hydrogen (secondary N) is 1. The molecule has 3 aromatic carbocycles. The molecule has 8 heteroatoms. The highest BCUT2D eigenvalue weighted by Crippen LogP contribution is 2.34. The van der Waals surface area contributed by atoms with E-state index in [0.717, 1.165) is 80.5 Å². The highest BCUT2D eigenvalue weighted by molar-refractivity contribution is 5.61. The number of hydrogen-bond donors (Lipinski definition) is 1. The molecule has 1 fully saturated rings. The number of methoxy groups -OCH3 is 2. The molecule has 0 aromatic heterocycles. The largest absolute Gasteiger partial charge is 0.496 e. The molecule has 2 aliphatic heterocycles. The number of nitrogens with zero attached hydrogens (tertiary/aromatic N) is 1. The van der Waals surface area contributed by atoms with E-state index < -0.39 is 0 Å². The average molecular weight is 591 g/mol. The zero-order chi connectivity index (χ0) is 29.7. The third kappa shape index (κ3) is 8.86. The molecule has 0 amide bonds. The predicted octanol–water partition coefficient (Wildman–Crippen LogP) is 5.58. The van der Waals surface area contributed by atoms with Crippen LogP contribution >= 0.6 is 0 Å².